The van der Waals surface area contributed by atoms with Crippen LogP contribution in [0.2, 0.25) is 0 Å². The fraction of sp³-hybridized carbons (Fsp3) is 0.333. The number of aliphatic hydroxyl groups excluding tert-OH is 8. The Bertz CT molecular complexity index is 2330. The van der Waals surface area contributed by atoms with Gasteiger partial charge in [-0.3, -0.25) is 9.59 Å². The number of aliphatic hydroxyl groups is 8. The van der Waals surface area contributed by atoms with Gasteiger partial charge in [-0.2, -0.15) is 0 Å². The van der Waals surface area contributed by atoms with Crippen LogP contribution in [0.4, 0.5) is 0 Å². The summed E-state index contributed by atoms with van der Waals surface area (Å²) in [7, 11) is 0. The molecular formula is C42H38O20. The van der Waals surface area contributed by atoms with Crippen molar-refractivity contribution >= 4 is 23.5 Å². The second-order valence-electron chi connectivity index (χ2n) is 15.2. The molecule has 12 N–H and O–H groups in total. The molecule has 4 aromatic rings. The average molecular weight is 863 g/mol. The molecule has 4 aromatic carbocycles. The van der Waals surface area contributed by atoms with Crippen LogP contribution in [0, 0.1) is 0 Å². The monoisotopic (exact) mass is 862 g/mol. The maximum absolute atomic E-state index is 14.7. The number of ketones is 2. The van der Waals surface area contributed by atoms with E-state index in [9.17, 15) is 80.5 Å². The number of aromatic carboxylic acids is 2. The van der Waals surface area contributed by atoms with Crippen LogP contribution in [0.25, 0.3) is 0 Å². The molecule has 0 aromatic heterocycles. The van der Waals surface area contributed by atoms with Crippen LogP contribution in [-0.2, 0) is 9.47 Å². The highest BCUT2D eigenvalue weighted by Crippen LogP contribution is 2.56. The van der Waals surface area contributed by atoms with Gasteiger partial charge < -0.3 is 80.2 Å². The Kier molecular flexibility index (Phi) is 11.0. The molecule has 0 radical (unpaired) electrons. The summed E-state index contributed by atoms with van der Waals surface area (Å²) in [5.41, 5.74) is -2.87. The summed E-state index contributed by atoms with van der Waals surface area (Å²) >= 11 is 0. The third-order valence-electron chi connectivity index (χ3n) is 11.7. The van der Waals surface area contributed by atoms with Gasteiger partial charge in [0.25, 0.3) is 0 Å². The van der Waals surface area contributed by atoms with Crippen LogP contribution in [0.15, 0.2) is 60.7 Å². The first-order chi connectivity index (χ1) is 29.5. The number of carbonyl (C=O) groups excluding carboxylic acids is 2. The molecule has 2 aliphatic carbocycles. The number of fused-ring (bicyclic) bond motifs is 4. The maximum atomic E-state index is 14.7. The van der Waals surface area contributed by atoms with E-state index in [2.05, 4.69) is 0 Å². The second kappa shape index (κ2) is 16.0. The van der Waals surface area contributed by atoms with Gasteiger partial charge >= 0.3 is 11.9 Å². The summed E-state index contributed by atoms with van der Waals surface area (Å²) in [5.74, 6) is -10.1. The number of benzene rings is 4. The molecule has 8 rings (SSSR count). The van der Waals surface area contributed by atoms with Crippen LogP contribution in [0.5, 0.6) is 23.0 Å². The van der Waals surface area contributed by atoms with E-state index >= 15 is 0 Å². The van der Waals surface area contributed by atoms with E-state index in [1.807, 2.05) is 0 Å². The average Bonchev–Trinajstić information content (AvgIpc) is 3.24. The highest BCUT2D eigenvalue weighted by molar-refractivity contribution is 6.18. The van der Waals surface area contributed by atoms with Gasteiger partial charge in [0, 0.05) is 11.8 Å². The molecule has 20 nitrogen and oxygen atoms in total. The predicted octanol–water partition coefficient (Wildman–Crippen LogP) is -1.10. The van der Waals surface area contributed by atoms with E-state index in [0.29, 0.717) is 0 Å². The summed E-state index contributed by atoms with van der Waals surface area (Å²) in [6.07, 6.45) is -17.7. The van der Waals surface area contributed by atoms with Crippen molar-refractivity contribution < 1.29 is 99.4 Å². The summed E-state index contributed by atoms with van der Waals surface area (Å²) in [6, 6.07) is 11.9. The summed E-state index contributed by atoms with van der Waals surface area (Å²) < 4.78 is 23.0. The van der Waals surface area contributed by atoms with Crippen LogP contribution >= 0.6 is 0 Å². The van der Waals surface area contributed by atoms with Crippen molar-refractivity contribution in [2.45, 2.75) is 73.2 Å². The number of carboxylic acids is 2. The highest BCUT2D eigenvalue weighted by atomic mass is 16.7. The van der Waals surface area contributed by atoms with Gasteiger partial charge in [-0.05, 0) is 58.7 Å². The van der Waals surface area contributed by atoms with Crippen LogP contribution in [0.1, 0.15) is 86.6 Å². The molecule has 2 aliphatic heterocycles. The molecule has 2 saturated heterocycles. The van der Waals surface area contributed by atoms with E-state index in [0.717, 1.165) is 24.3 Å². The molecule has 12 atom stereocenters. The minimum atomic E-state index is -1.94. The van der Waals surface area contributed by atoms with Crippen molar-refractivity contribution in [1.29, 1.82) is 0 Å². The zero-order chi connectivity index (χ0) is 44.6. The van der Waals surface area contributed by atoms with Crippen LogP contribution in [-0.4, -0.2) is 159 Å². The fourth-order valence-electron chi connectivity index (χ4n) is 8.71. The zero-order valence-electron chi connectivity index (χ0n) is 31.7. The quantitative estimate of drug-likeness (QED) is 0.0950. The van der Waals surface area contributed by atoms with E-state index in [-0.39, 0.29) is 44.9 Å². The zero-order valence-corrected chi connectivity index (χ0v) is 31.7. The Morgan fingerprint density at radius 2 is 0.887 bits per heavy atom. The van der Waals surface area contributed by atoms with Crippen LogP contribution < -0.4 is 9.47 Å². The van der Waals surface area contributed by atoms with E-state index < -0.39 is 144 Å². The topological polar surface area (TPSA) is 348 Å². The van der Waals surface area contributed by atoms with Gasteiger partial charge in [-0.1, -0.05) is 24.3 Å². The van der Waals surface area contributed by atoms with E-state index in [4.69, 9.17) is 18.9 Å². The number of phenols is 2. The van der Waals surface area contributed by atoms with Crippen molar-refractivity contribution in [1.82, 2.24) is 0 Å². The Balaban J connectivity index is 1.38. The first-order valence-electron chi connectivity index (χ1n) is 19.0. The molecule has 0 spiro atoms. The lowest BCUT2D eigenvalue weighted by atomic mass is 9.63. The summed E-state index contributed by atoms with van der Waals surface area (Å²) in [6.45, 7) is -1.64. The number of ether oxygens (including phenoxy) is 4. The molecule has 4 aliphatic rings. The van der Waals surface area contributed by atoms with Crippen molar-refractivity contribution in [2.24, 2.45) is 0 Å². The van der Waals surface area contributed by atoms with Gasteiger partial charge in [-0.15, -0.1) is 0 Å². The molecule has 0 bridgehead atoms. The normalized spacial score (nSPS) is 30.1. The molecular weight excluding hydrogens is 824 g/mol. The Morgan fingerprint density at radius 1 is 0.516 bits per heavy atom. The Hall–Kier alpha value is -6.04. The molecule has 326 valence electrons. The highest BCUT2D eigenvalue weighted by Gasteiger charge is 2.50. The molecule has 20 heteroatoms. The minimum Gasteiger partial charge on any atom is -0.507 e. The molecule has 1 unspecified atom stereocenters. The maximum Gasteiger partial charge on any atom is 0.335 e. The third-order valence-corrected chi connectivity index (χ3v) is 11.7. The lowest BCUT2D eigenvalue weighted by Crippen LogP contribution is -2.60. The lowest BCUT2D eigenvalue weighted by molar-refractivity contribution is -0.277. The Morgan fingerprint density at radius 3 is 1.23 bits per heavy atom. The van der Waals surface area contributed by atoms with Crippen molar-refractivity contribution in [3.63, 3.8) is 0 Å². The number of hydrogen-bond acceptors (Lipinski definition) is 18. The summed E-state index contributed by atoms with van der Waals surface area (Å²) in [5, 5.41) is 126. The molecule has 0 saturated carbocycles. The third kappa shape index (κ3) is 6.73. The largest absolute Gasteiger partial charge is 0.507 e. The lowest BCUT2D eigenvalue weighted by Gasteiger charge is -2.41. The molecule has 2 heterocycles. The first-order valence-corrected chi connectivity index (χ1v) is 19.0. The molecule has 2 fully saturated rings. The number of hydrogen-bond donors (Lipinski definition) is 12. The predicted molar refractivity (Wildman–Crippen MR) is 202 cm³/mol. The molecule has 0 amide bonds. The standard InChI is InChI=1S/C42H38O20/c43-11-23-31(47)35(51)37(53)41(61-23)59-21-5-1-3-15-25(17-7-13(39(55)56)9-19(45)27(17)33(49)29(15)21)26-16-4-2-6-22(60-42-38(54)36(52)32(48)24(12-44)62-42)30(16)34(50)28-18(26)8-14(40(57)58)10-20(28)46/h1-10,23-26,31-32,35-38,41-48,51-54H,11-12H2,(H,55,56)(H,57,58)/t23-,24-,25+,26?,31-,32-,35+,36+,37-,38-,41-,42-/m1/s1. The van der Waals surface area contributed by atoms with Gasteiger partial charge in [0.1, 0.15) is 71.8 Å². The Labute approximate surface area is 348 Å². The van der Waals surface area contributed by atoms with Crippen LogP contribution in [0.3, 0.4) is 0 Å². The number of phenolic OH excluding ortho intramolecular Hbond substituents is 2. The SMILES string of the molecule is O=C(O)c1cc(O)c2c(c1)C([C@@H]1c3cc(C(=O)O)cc(O)c3C(=O)c3c(O[C@@H]4O[C@H](CO)[C@@H](O)[C@H](O)[C@H]4O)cccc31)c1cccc(O[C@@H]3O[C@H](CO)[C@@H](O)[C@H](O)[C@H]3O)c1C2=O. The summed E-state index contributed by atoms with van der Waals surface area (Å²) in [4.78, 5) is 54.2. The smallest absolute Gasteiger partial charge is 0.335 e. The van der Waals surface area contributed by atoms with Crippen molar-refractivity contribution in [3.05, 3.63) is 116 Å². The van der Waals surface area contributed by atoms with Gasteiger partial charge in [0.05, 0.1) is 46.6 Å². The first kappa shape index (κ1) is 42.6. The van der Waals surface area contributed by atoms with Gasteiger partial charge in [-0.25, -0.2) is 9.59 Å². The van der Waals surface area contributed by atoms with Gasteiger partial charge in [0.15, 0.2) is 0 Å². The number of rotatable bonds is 9. The number of carbonyl (C=O) groups is 4. The van der Waals surface area contributed by atoms with Crippen molar-refractivity contribution in [2.75, 3.05) is 13.2 Å². The second-order valence-corrected chi connectivity index (χ2v) is 15.2. The molecule has 62 heavy (non-hydrogen) atoms. The number of carboxylic acid groups (broad SMARTS) is 2. The van der Waals surface area contributed by atoms with Crippen molar-refractivity contribution in [3.8, 4) is 23.0 Å². The minimum absolute atomic E-state index is 0.00301. The fourth-order valence-corrected chi connectivity index (χ4v) is 8.71. The van der Waals surface area contributed by atoms with Gasteiger partial charge in [0.2, 0.25) is 24.1 Å². The van der Waals surface area contributed by atoms with E-state index in [1.54, 1.807) is 0 Å². The van der Waals surface area contributed by atoms with E-state index in [1.165, 1.54) is 36.4 Å². The number of aromatic hydroxyl groups is 2.